The highest BCUT2D eigenvalue weighted by atomic mass is 79.9. The Bertz CT molecular complexity index is 1610. The maximum Gasteiger partial charge on any atom is 0.0420 e. The summed E-state index contributed by atoms with van der Waals surface area (Å²) in [7, 11) is 0. The van der Waals surface area contributed by atoms with Gasteiger partial charge in [0.2, 0.25) is 0 Å². The van der Waals surface area contributed by atoms with Crippen LogP contribution in [-0.2, 0) is 16.2 Å². The summed E-state index contributed by atoms with van der Waals surface area (Å²) in [5.41, 5.74) is 4.59. The molecule has 8 heteroatoms. The van der Waals surface area contributed by atoms with Gasteiger partial charge in [-0.05, 0) is 218 Å². The minimum atomic E-state index is -0.439. The first-order chi connectivity index (χ1) is 20.1. The van der Waals surface area contributed by atoms with Crippen molar-refractivity contribution >= 4 is 127 Å². The van der Waals surface area contributed by atoms with E-state index in [9.17, 15) is 0 Å². The summed E-state index contributed by atoms with van der Waals surface area (Å²) in [6, 6.07) is 27.0. The molecule has 0 nitrogen and oxygen atoms in total. The fraction of sp³-hybridized carbons (Fsp3) is 0.294. The molecule has 0 unspecified atom stereocenters. The summed E-state index contributed by atoms with van der Waals surface area (Å²) in [5.74, 6) is 1.25. The predicted octanol–water partition coefficient (Wildman–Crippen LogP) is 14.2. The first-order valence-corrected chi connectivity index (χ1v) is 20.2. The van der Waals surface area contributed by atoms with Crippen molar-refractivity contribution in [2.75, 3.05) is 0 Å². The van der Waals surface area contributed by atoms with Gasteiger partial charge in [-0.3, -0.25) is 0 Å². The zero-order chi connectivity index (χ0) is 29.6. The van der Waals surface area contributed by atoms with Crippen molar-refractivity contribution in [2.24, 2.45) is 11.8 Å². The Morgan fingerprint density at radius 2 is 0.690 bits per heavy atom. The van der Waals surface area contributed by atoms with E-state index in [4.69, 9.17) is 0 Å². The Hall–Kier alpha value is 0.720. The van der Waals surface area contributed by atoms with Crippen LogP contribution in [0, 0.1) is 11.8 Å². The summed E-state index contributed by atoms with van der Waals surface area (Å²) in [6.07, 6.45) is 5.82. The van der Waals surface area contributed by atoms with Crippen molar-refractivity contribution in [3.63, 3.8) is 0 Å². The lowest BCUT2D eigenvalue weighted by Gasteiger charge is -2.74. The van der Waals surface area contributed by atoms with Gasteiger partial charge in [-0.25, -0.2) is 0 Å². The quantitative estimate of drug-likeness (QED) is 0.191. The molecule has 0 spiro atoms. The summed E-state index contributed by atoms with van der Waals surface area (Å²) in [5, 5.41) is 0. The van der Waals surface area contributed by atoms with Gasteiger partial charge >= 0.3 is 0 Å². The normalized spacial score (nSPS) is 27.4. The highest BCUT2D eigenvalue weighted by Gasteiger charge is 2.75. The topological polar surface area (TPSA) is 0 Å². The Balaban J connectivity index is 1.77. The van der Waals surface area contributed by atoms with Gasteiger partial charge in [-0.15, -0.1) is 0 Å². The van der Waals surface area contributed by atoms with E-state index in [-0.39, 0.29) is 10.8 Å². The number of hydrogen-bond acceptors (Lipinski definition) is 0. The third kappa shape index (κ3) is 4.27. The lowest BCUT2D eigenvalue weighted by atomic mass is 9.29. The molecule has 8 rings (SSSR count). The van der Waals surface area contributed by atoms with Gasteiger partial charge in [0.15, 0.2) is 0 Å². The van der Waals surface area contributed by atoms with Crippen molar-refractivity contribution in [3.05, 3.63) is 131 Å². The zero-order valence-electron chi connectivity index (χ0n) is 22.1. The van der Waals surface area contributed by atoms with Crippen molar-refractivity contribution in [2.45, 2.75) is 48.3 Å². The van der Waals surface area contributed by atoms with Crippen molar-refractivity contribution in [1.82, 2.24) is 0 Å². The maximum atomic E-state index is 4.17. The third-order valence-electron chi connectivity index (χ3n) is 10.3. The Kier molecular flexibility index (Phi) is 8.54. The first-order valence-electron chi connectivity index (χ1n) is 13.9. The van der Waals surface area contributed by atoms with Crippen LogP contribution in [0.3, 0.4) is 0 Å². The average molecular weight is 1070 g/mol. The van der Waals surface area contributed by atoms with E-state index >= 15 is 0 Å². The van der Waals surface area contributed by atoms with Crippen molar-refractivity contribution in [1.29, 1.82) is 0 Å². The van der Waals surface area contributed by atoms with Gasteiger partial charge in [0.1, 0.15) is 0 Å². The molecule has 4 fully saturated rings. The average Bonchev–Trinajstić information content (AvgIpc) is 2.95. The monoisotopic (exact) mass is 1060 g/mol. The highest BCUT2D eigenvalue weighted by molar-refractivity contribution is 9.14. The van der Waals surface area contributed by atoms with E-state index in [0.717, 1.165) is 61.5 Å². The van der Waals surface area contributed by atoms with E-state index in [1.54, 1.807) is 0 Å². The van der Waals surface area contributed by atoms with E-state index in [1.165, 1.54) is 28.7 Å². The number of benzene rings is 4. The standard InChI is InChI=1S/C34H24Br8/c35-24-9-1-5-20(28(24)39)32-14-18-13-19(15-32)17-33(16-18,21-6-2-10-25(36)29(21)40)34(32,22-7-3-11-26(37)30(22)41)23-8-4-12-27(38)31(23)42/h1-12,18-19H,13-17H2. The predicted molar refractivity (Wildman–Crippen MR) is 202 cm³/mol. The minimum absolute atomic E-state index is 0.200. The molecule has 4 aromatic carbocycles. The van der Waals surface area contributed by atoms with Crippen LogP contribution in [0.25, 0.3) is 0 Å². The molecular weight excluding hydrogens is 1050 g/mol. The summed E-state index contributed by atoms with van der Waals surface area (Å²) in [6.45, 7) is 0. The van der Waals surface area contributed by atoms with Crippen LogP contribution in [0.5, 0.6) is 0 Å². The Morgan fingerprint density at radius 3 is 1.02 bits per heavy atom. The molecule has 4 bridgehead atoms. The second kappa shape index (κ2) is 11.5. The van der Waals surface area contributed by atoms with Crippen LogP contribution in [0.2, 0.25) is 0 Å². The van der Waals surface area contributed by atoms with Gasteiger partial charge in [-0.2, -0.15) is 0 Å². The molecule has 0 aromatic heterocycles. The fourth-order valence-corrected chi connectivity index (χ4v) is 13.4. The van der Waals surface area contributed by atoms with E-state index in [1.807, 2.05) is 0 Å². The van der Waals surface area contributed by atoms with E-state index < -0.39 is 5.41 Å². The van der Waals surface area contributed by atoms with E-state index in [2.05, 4.69) is 200 Å². The Labute approximate surface area is 314 Å². The summed E-state index contributed by atoms with van der Waals surface area (Å²) >= 11 is 32.3. The molecule has 0 amide bonds. The molecule has 0 atom stereocenters. The van der Waals surface area contributed by atoms with Gasteiger partial charge < -0.3 is 0 Å². The van der Waals surface area contributed by atoms with Crippen molar-refractivity contribution < 1.29 is 0 Å². The highest BCUT2D eigenvalue weighted by Crippen LogP contribution is 2.78. The Morgan fingerprint density at radius 1 is 0.405 bits per heavy atom. The van der Waals surface area contributed by atoms with Crippen LogP contribution in [-0.4, -0.2) is 0 Å². The smallest absolute Gasteiger partial charge is 0.0420 e. The third-order valence-corrected chi connectivity index (χ3v) is 18.5. The fourth-order valence-electron chi connectivity index (χ4n) is 9.51. The van der Waals surface area contributed by atoms with Crippen LogP contribution in [0.15, 0.2) is 109 Å². The number of halogens is 8. The van der Waals surface area contributed by atoms with Crippen LogP contribution < -0.4 is 0 Å². The SMILES string of the molecule is Brc1cccc(C23CC4CC(C2)CC(c2cccc(Br)c2Br)(C4)C3(c2cccc(Br)c2Br)c2cccc(Br)c2Br)c1Br. The summed E-state index contributed by atoms with van der Waals surface area (Å²) in [4.78, 5) is 0. The molecule has 42 heavy (non-hydrogen) atoms. The molecule has 4 saturated carbocycles. The molecule has 4 aliphatic rings. The largest absolute Gasteiger partial charge is 0.0608 e. The number of rotatable bonds is 4. The first kappa shape index (κ1) is 31.3. The lowest BCUT2D eigenvalue weighted by Crippen LogP contribution is -2.72. The lowest BCUT2D eigenvalue weighted by molar-refractivity contribution is -0.0916. The van der Waals surface area contributed by atoms with Gasteiger partial charge in [-0.1, -0.05) is 48.5 Å². The summed E-state index contributed by atoms with van der Waals surface area (Å²) < 4.78 is 8.93. The molecule has 0 aliphatic heterocycles. The second-order valence-corrected chi connectivity index (χ2v) is 18.7. The molecule has 0 heterocycles. The number of hydrogen-bond donors (Lipinski definition) is 0. The molecule has 0 radical (unpaired) electrons. The molecule has 4 aromatic rings. The molecule has 0 N–H and O–H groups in total. The molecular formula is C34H24Br8. The van der Waals surface area contributed by atoms with Gasteiger partial charge in [0.25, 0.3) is 0 Å². The van der Waals surface area contributed by atoms with Crippen LogP contribution in [0.4, 0.5) is 0 Å². The molecule has 0 saturated heterocycles. The van der Waals surface area contributed by atoms with Crippen LogP contribution >= 0.6 is 127 Å². The zero-order valence-corrected chi connectivity index (χ0v) is 34.8. The minimum Gasteiger partial charge on any atom is -0.0608 e. The molecule has 216 valence electrons. The second-order valence-electron chi connectivity index (χ2n) is 12.1. The van der Waals surface area contributed by atoms with Gasteiger partial charge in [0.05, 0.1) is 0 Å². The van der Waals surface area contributed by atoms with E-state index in [0.29, 0.717) is 11.8 Å². The maximum absolute atomic E-state index is 4.17. The van der Waals surface area contributed by atoms with Crippen LogP contribution in [0.1, 0.15) is 54.4 Å². The molecule has 4 aliphatic carbocycles. The van der Waals surface area contributed by atoms with Gasteiger partial charge in [0, 0.05) is 52.0 Å². The van der Waals surface area contributed by atoms with Crippen molar-refractivity contribution in [3.8, 4) is 0 Å².